The molecule has 4 heteroatoms. The normalized spacial score (nSPS) is 10.0. The minimum Gasteiger partial charge on any atom is -0.376 e. The monoisotopic (exact) mass is 274 g/mol. The quantitative estimate of drug-likeness (QED) is 0.893. The maximum absolute atomic E-state index is 11.7. The minimum absolute atomic E-state index is 0.108. The first-order chi connectivity index (χ1) is 9.13. The van der Waals surface area contributed by atoms with E-state index in [0.29, 0.717) is 10.7 Å². The zero-order chi connectivity index (χ0) is 13.7. The Kier molecular flexibility index (Phi) is 4.42. The van der Waals surface area contributed by atoms with Crippen molar-refractivity contribution in [3.8, 4) is 0 Å². The summed E-state index contributed by atoms with van der Waals surface area (Å²) in [6, 6.07) is 15.0. The number of hydrogen-bond acceptors (Lipinski definition) is 2. The van der Waals surface area contributed by atoms with E-state index in [-0.39, 0.29) is 12.5 Å². The molecule has 0 spiro atoms. The number of rotatable bonds is 4. The number of anilines is 2. The lowest BCUT2D eigenvalue weighted by Gasteiger charge is -2.08. The molecule has 0 aliphatic rings. The highest BCUT2D eigenvalue weighted by Gasteiger charge is 2.02. The number of aryl methyl sites for hydroxylation is 1. The van der Waals surface area contributed by atoms with E-state index in [9.17, 15) is 4.79 Å². The number of carbonyl (C=O) groups excluding carboxylic acids is 1. The van der Waals surface area contributed by atoms with Crippen molar-refractivity contribution in [3.63, 3.8) is 0 Å². The predicted molar refractivity (Wildman–Crippen MR) is 79.8 cm³/mol. The molecule has 0 heterocycles. The van der Waals surface area contributed by atoms with E-state index in [4.69, 9.17) is 11.6 Å². The Bertz CT molecular complexity index is 567. The third kappa shape index (κ3) is 4.30. The highest BCUT2D eigenvalue weighted by molar-refractivity contribution is 6.30. The molecule has 0 aliphatic carbocycles. The van der Waals surface area contributed by atoms with Crippen LogP contribution < -0.4 is 10.6 Å². The van der Waals surface area contributed by atoms with Crippen LogP contribution in [-0.4, -0.2) is 12.5 Å². The number of amides is 1. The van der Waals surface area contributed by atoms with Crippen LogP contribution in [0.4, 0.5) is 11.4 Å². The fraction of sp³-hybridized carbons (Fsp3) is 0.133. The number of hydrogen-bond donors (Lipinski definition) is 2. The van der Waals surface area contributed by atoms with Crippen LogP contribution in [-0.2, 0) is 4.79 Å². The van der Waals surface area contributed by atoms with Gasteiger partial charge in [-0.15, -0.1) is 0 Å². The van der Waals surface area contributed by atoms with Crippen LogP contribution in [0.1, 0.15) is 5.56 Å². The molecule has 0 unspecified atom stereocenters. The molecule has 98 valence electrons. The van der Waals surface area contributed by atoms with E-state index in [2.05, 4.69) is 10.6 Å². The summed E-state index contributed by atoms with van der Waals surface area (Å²) in [5.74, 6) is -0.108. The van der Waals surface area contributed by atoms with Crippen molar-refractivity contribution in [2.75, 3.05) is 17.2 Å². The smallest absolute Gasteiger partial charge is 0.243 e. The average Bonchev–Trinajstić information content (AvgIpc) is 2.38. The van der Waals surface area contributed by atoms with E-state index in [1.807, 2.05) is 31.2 Å². The van der Waals surface area contributed by atoms with E-state index < -0.39 is 0 Å². The number of nitrogens with one attached hydrogen (secondary N) is 2. The molecular weight excluding hydrogens is 260 g/mol. The van der Waals surface area contributed by atoms with Crippen LogP contribution in [0.25, 0.3) is 0 Å². The van der Waals surface area contributed by atoms with Gasteiger partial charge in [-0.05, 0) is 37.3 Å². The fourth-order valence-corrected chi connectivity index (χ4v) is 1.82. The summed E-state index contributed by atoms with van der Waals surface area (Å²) in [6.07, 6.45) is 0. The first kappa shape index (κ1) is 13.4. The molecule has 2 aromatic carbocycles. The first-order valence-corrected chi connectivity index (χ1v) is 6.37. The van der Waals surface area contributed by atoms with Gasteiger partial charge < -0.3 is 10.6 Å². The zero-order valence-corrected chi connectivity index (χ0v) is 11.4. The summed E-state index contributed by atoms with van der Waals surface area (Å²) < 4.78 is 0. The molecule has 0 saturated heterocycles. The molecule has 0 radical (unpaired) electrons. The lowest BCUT2D eigenvalue weighted by atomic mass is 10.2. The maximum Gasteiger partial charge on any atom is 0.243 e. The van der Waals surface area contributed by atoms with Gasteiger partial charge in [-0.1, -0.05) is 35.4 Å². The Balaban J connectivity index is 1.86. The third-order valence-electron chi connectivity index (χ3n) is 2.61. The van der Waals surface area contributed by atoms with E-state index in [0.717, 1.165) is 5.69 Å². The Labute approximate surface area is 117 Å². The Morgan fingerprint density at radius 1 is 1.11 bits per heavy atom. The van der Waals surface area contributed by atoms with E-state index in [1.165, 1.54) is 5.56 Å². The van der Waals surface area contributed by atoms with Gasteiger partial charge in [0.2, 0.25) is 5.91 Å². The largest absolute Gasteiger partial charge is 0.376 e. The topological polar surface area (TPSA) is 41.1 Å². The Morgan fingerprint density at radius 3 is 2.53 bits per heavy atom. The van der Waals surface area contributed by atoms with Crippen molar-refractivity contribution in [1.82, 2.24) is 0 Å². The van der Waals surface area contributed by atoms with Crippen LogP contribution in [0.2, 0.25) is 5.02 Å². The molecule has 0 aliphatic heterocycles. The van der Waals surface area contributed by atoms with E-state index >= 15 is 0 Å². The Morgan fingerprint density at radius 2 is 1.84 bits per heavy atom. The minimum atomic E-state index is -0.108. The van der Waals surface area contributed by atoms with Gasteiger partial charge in [-0.3, -0.25) is 4.79 Å². The molecule has 0 bridgehead atoms. The standard InChI is InChI=1S/C15H15ClN2O/c1-11-5-7-13(8-6-11)17-10-15(19)18-14-4-2-3-12(16)9-14/h2-9,17H,10H2,1H3,(H,18,19). The van der Waals surface area contributed by atoms with Crippen LogP contribution in [0, 0.1) is 6.92 Å². The van der Waals surface area contributed by atoms with Crippen LogP contribution in [0.5, 0.6) is 0 Å². The first-order valence-electron chi connectivity index (χ1n) is 5.99. The Hall–Kier alpha value is -2.00. The van der Waals surface area contributed by atoms with Crippen molar-refractivity contribution < 1.29 is 4.79 Å². The molecule has 2 N–H and O–H groups in total. The zero-order valence-electron chi connectivity index (χ0n) is 10.6. The summed E-state index contributed by atoms with van der Waals surface area (Å²) in [6.45, 7) is 2.24. The van der Waals surface area contributed by atoms with Gasteiger partial charge in [-0.2, -0.15) is 0 Å². The van der Waals surface area contributed by atoms with Gasteiger partial charge in [0.25, 0.3) is 0 Å². The SMILES string of the molecule is Cc1ccc(NCC(=O)Nc2cccc(Cl)c2)cc1. The van der Waals surface area contributed by atoms with Crippen molar-refractivity contribution >= 4 is 28.9 Å². The summed E-state index contributed by atoms with van der Waals surface area (Å²) in [7, 11) is 0. The van der Waals surface area contributed by atoms with Crippen molar-refractivity contribution in [2.24, 2.45) is 0 Å². The third-order valence-corrected chi connectivity index (χ3v) is 2.85. The molecular formula is C15H15ClN2O. The lowest BCUT2D eigenvalue weighted by Crippen LogP contribution is -2.21. The van der Waals surface area contributed by atoms with Gasteiger partial charge in [0.05, 0.1) is 6.54 Å². The fourth-order valence-electron chi connectivity index (χ4n) is 1.63. The second kappa shape index (κ2) is 6.25. The molecule has 2 rings (SSSR count). The summed E-state index contributed by atoms with van der Waals surface area (Å²) in [5, 5.41) is 6.44. The van der Waals surface area contributed by atoms with Gasteiger partial charge in [-0.25, -0.2) is 0 Å². The molecule has 3 nitrogen and oxygen atoms in total. The second-order valence-corrected chi connectivity index (χ2v) is 4.71. The van der Waals surface area contributed by atoms with Crippen LogP contribution in [0.3, 0.4) is 0 Å². The molecule has 0 fully saturated rings. The highest BCUT2D eigenvalue weighted by Crippen LogP contribution is 2.14. The molecule has 1 amide bonds. The van der Waals surface area contributed by atoms with Crippen molar-refractivity contribution in [2.45, 2.75) is 6.92 Å². The average molecular weight is 275 g/mol. The van der Waals surface area contributed by atoms with Gasteiger partial charge in [0.15, 0.2) is 0 Å². The number of carbonyl (C=O) groups is 1. The molecule has 0 aromatic heterocycles. The summed E-state index contributed by atoms with van der Waals surface area (Å²) in [4.78, 5) is 11.7. The summed E-state index contributed by atoms with van der Waals surface area (Å²) in [5.41, 5.74) is 2.81. The van der Waals surface area contributed by atoms with Gasteiger partial charge in [0, 0.05) is 16.4 Å². The molecule has 0 saturated carbocycles. The highest BCUT2D eigenvalue weighted by atomic mass is 35.5. The van der Waals surface area contributed by atoms with Crippen molar-refractivity contribution in [3.05, 3.63) is 59.1 Å². The maximum atomic E-state index is 11.7. The van der Waals surface area contributed by atoms with Gasteiger partial charge in [0.1, 0.15) is 0 Å². The van der Waals surface area contributed by atoms with Crippen LogP contribution in [0.15, 0.2) is 48.5 Å². The molecule has 2 aromatic rings. The molecule has 19 heavy (non-hydrogen) atoms. The second-order valence-electron chi connectivity index (χ2n) is 4.28. The summed E-state index contributed by atoms with van der Waals surface area (Å²) >= 11 is 5.85. The molecule has 0 atom stereocenters. The lowest BCUT2D eigenvalue weighted by molar-refractivity contribution is -0.114. The number of halogens is 1. The van der Waals surface area contributed by atoms with Gasteiger partial charge >= 0.3 is 0 Å². The van der Waals surface area contributed by atoms with E-state index in [1.54, 1.807) is 24.3 Å². The van der Waals surface area contributed by atoms with Crippen LogP contribution >= 0.6 is 11.6 Å². The van der Waals surface area contributed by atoms with Crippen molar-refractivity contribution in [1.29, 1.82) is 0 Å². The number of benzene rings is 2. The predicted octanol–water partition coefficient (Wildman–Crippen LogP) is 3.70.